The molecule has 4 amide bonds. The Hall–Kier alpha value is -3.80. The monoisotopic (exact) mass is 474 g/mol. The maximum Gasteiger partial charge on any atom is 0.319 e. The zero-order valence-corrected chi connectivity index (χ0v) is 18.5. The number of benzene rings is 2. The lowest BCUT2D eigenvalue weighted by molar-refractivity contribution is -0.118. The Morgan fingerprint density at radius 2 is 1.73 bits per heavy atom. The molecule has 1 atom stereocenters. The zero-order chi connectivity index (χ0) is 23.6. The minimum Gasteiger partial charge on any atom is -0.486 e. The highest BCUT2D eigenvalue weighted by atomic mass is 32.2. The van der Waals surface area contributed by atoms with E-state index in [1.165, 1.54) is 24.3 Å². The number of rotatable bonds is 5. The molecule has 2 aromatic rings. The number of nitrogens with zero attached hydrogens (tertiary/aromatic N) is 1. The molecule has 0 aliphatic carbocycles. The molecular formula is C21H22N4O7S. The molecule has 12 heteroatoms. The van der Waals surface area contributed by atoms with Crippen LogP contribution < -0.4 is 29.7 Å². The number of carbonyl (C=O) groups is 3. The van der Waals surface area contributed by atoms with Gasteiger partial charge < -0.3 is 25.0 Å². The maximum atomic E-state index is 12.5. The summed E-state index contributed by atoms with van der Waals surface area (Å²) in [7, 11) is -3.96. The van der Waals surface area contributed by atoms with Crippen molar-refractivity contribution < 1.29 is 32.3 Å². The molecule has 0 spiro atoms. The van der Waals surface area contributed by atoms with Gasteiger partial charge in [-0.3, -0.25) is 9.59 Å². The van der Waals surface area contributed by atoms with Gasteiger partial charge in [-0.2, -0.15) is 0 Å². The first-order valence-electron chi connectivity index (χ1n) is 10.1. The van der Waals surface area contributed by atoms with Crippen LogP contribution in [0.1, 0.15) is 13.3 Å². The van der Waals surface area contributed by atoms with Gasteiger partial charge in [0.2, 0.25) is 11.8 Å². The van der Waals surface area contributed by atoms with Crippen LogP contribution in [0.3, 0.4) is 0 Å². The van der Waals surface area contributed by atoms with Gasteiger partial charge in [0.1, 0.15) is 13.2 Å². The van der Waals surface area contributed by atoms with Gasteiger partial charge in [0.05, 0.1) is 10.9 Å². The Kier molecular flexibility index (Phi) is 6.09. The summed E-state index contributed by atoms with van der Waals surface area (Å²) < 4.78 is 36.9. The van der Waals surface area contributed by atoms with E-state index in [9.17, 15) is 22.8 Å². The fourth-order valence-electron chi connectivity index (χ4n) is 3.57. The quantitative estimate of drug-likeness (QED) is 0.591. The number of amides is 4. The number of hydrogen-bond donors (Lipinski definition) is 3. The Balaban J connectivity index is 1.35. The van der Waals surface area contributed by atoms with Gasteiger partial charge in [0.25, 0.3) is 10.0 Å². The molecule has 2 aliphatic rings. The van der Waals surface area contributed by atoms with Gasteiger partial charge in [0.15, 0.2) is 11.5 Å². The Morgan fingerprint density at radius 3 is 2.42 bits per heavy atom. The van der Waals surface area contributed by atoms with Gasteiger partial charge in [-0.1, -0.05) is 0 Å². The fourth-order valence-corrected chi connectivity index (χ4v) is 4.56. The van der Waals surface area contributed by atoms with E-state index >= 15 is 0 Å². The van der Waals surface area contributed by atoms with Crippen LogP contribution in [0.4, 0.5) is 16.2 Å². The van der Waals surface area contributed by atoms with E-state index < -0.39 is 28.0 Å². The molecule has 2 aliphatic heterocycles. The first-order valence-corrected chi connectivity index (χ1v) is 11.6. The van der Waals surface area contributed by atoms with E-state index in [1.54, 1.807) is 23.1 Å². The van der Waals surface area contributed by atoms with Crippen molar-refractivity contribution in [1.82, 2.24) is 10.0 Å². The molecule has 0 saturated carbocycles. The summed E-state index contributed by atoms with van der Waals surface area (Å²) in [5.74, 6) is 0.365. The molecule has 1 fully saturated rings. The maximum absolute atomic E-state index is 12.5. The summed E-state index contributed by atoms with van der Waals surface area (Å²) in [5, 5.41) is 5.35. The number of sulfonamides is 1. The molecule has 174 valence electrons. The van der Waals surface area contributed by atoms with Crippen LogP contribution in [-0.4, -0.2) is 52.1 Å². The largest absolute Gasteiger partial charge is 0.486 e. The molecular weight excluding hydrogens is 452 g/mol. The molecule has 0 radical (unpaired) electrons. The molecule has 33 heavy (non-hydrogen) atoms. The predicted octanol–water partition coefficient (Wildman–Crippen LogP) is 1.21. The minimum atomic E-state index is -3.96. The number of fused-ring (bicyclic) bond motifs is 1. The summed E-state index contributed by atoms with van der Waals surface area (Å²) >= 11 is 0. The van der Waals surface area contributed by atoms with Crippen LogP contribution in [0, 0.1) is 0 Å². The zero-order valence-electron chi connectivity index (χ0n) is 17.7. The second-order valence-electron chi connectivity index (χ2n) is 7.52. The van der Waals surface area contributed by atoms with E-state index in [0.717, 1.165) is 6.92 Å². The van der Waals surface area contributed by atoms with Crippen LogP contribution in [0.25, 0.3) is 0 Å². The molecule has 1 saturated heterocycles. The summed E-state index contributed by atoms with van der Waals surface area (Å²) in [5.41, 5.74) is 1.01. The highest BCUT2D eigenvalue weighted by Crippen LogP contribution is 2.35. The van der Waals surface area contributed by atoms with Crippen molar-refractivity contribution in [3.05, 3.63) is 42.5 Å². The highest BCUT2D eigenvalue weighted by Gasteiger charge is 2.32. The van der Waals surface area contributed by atoms with E-state index in [4.69, 9.17) is 9.47 Å². The molecule has 0 unspecified atom stereocenters. The number of ether oxygens (including phenoxy) is 2. The smallest absolute Gasteiger partial charge is 0.319 e. The van der Waals surface area contributed by atoms with Gasteiger partial charge in [0, 0.05) is 37.3 Å². The second-order valence-corrected chi connectivity index (χ2v) is 9.20. The Morgan fingerprint density at radius 1 is 1.03 bits per heavy atom. The lowest BCUT2D eigenvalue weighted by Gasteiger charge is -2.22. The molecule has 0 aromatic heterocycles. The predicted molar refractivity (Wildman–Crippen MR) is 118 cm³/mol. The topological polar surface area (TPSA) is 143 Å². The van der Waals surface area contributed by atoms with Crippen LogP contribution >= 0.6 is 0 Å². The molecule has 0 bridgehead atoms. The standard InChI is InChI=1S/C21H22N4O7S/c1-13(26)24-33(29,30)17-5-2-14(3-6-17)22-21(28)23-15-10-20(27)25(12-15)16-4-7-18-19(11-16)32-9-8-31-18/h2-7,11,15H,8-10,12H2,1H3,(H,24,26)(H2,22,23,28)/t15-/m1/s1. The third kappa shape index (κ3) is 5.17. The van der Waals surface area contributed by atoms with Gasteiger partial charge in [-0.05, 0) is 36.4 Å². The summed E-state index contributed by atoms with van der Waals surface area (Å²) in [4.78, 5) is 37.3. The molecule has 2 aromatic carbocycles. The van der Waals surface area contributed by atoms with Crippen molar-refractivity contribution in [1.29, 1.82) is 0 Å². The summed E-state index contributed by atoms with van der Waals surface area (Å²) in [6.45, 7) is 2.30. The number of nitrogens with one attached hydrogen (secondary N) is 3. The molecule has 2 heterocycles. The normalized spacial score (nSPS) is 17.4. The van der Waals surface area contributed by atoms with Crippen molar-refractivity contribution in [3.8, 4) is 11.5 Å². The SMILES string of the molecule is CC(=O)NS(=O)(=O)c1ccc(NC(=O)N[C@@H]2CC(=O)N(c3ccc4c(c3)OCCO4)C2)cc1. The van der Waals surface area contributed by atoms with Crippen molar-refractivity contribution in [3.63, 3.8) is 0 Å². The van der Waals surface area contributed by atoms with Crippen LogP contribution in [0.15, 0.2) is 47.4 Å². The third-order valence-electron chi connectivity index (χ3n) is 5.00. The average molecular weight is 474 g/mol. The van der Waals surface area contributed by atoms with Gasteiger partial charge >= 0.3 is 6.03 Å². The Bertz CT molecular complexity index is 1200. The Labute approximate surface area is 190 Å². The fraction of sp³-hybridized carbons (Fsp3) is 0.286. The molecule has 11 nitrogen and oxygen atoms in total. The van der Waals surface area contributed by atoms with E-state index in [0.29, 0.717) is 42.6 Å². The van der Waals surface area contributed by atoms with Crippen LogP contribution in [-0.2, 0) is 19.6 Å². The summed E-state index contributed by atoms with van der Waals surface area (Å²) in [6, 6.07) is 9.65. The van der Waals surface area contributed by atoms with Crippen molar-refractivity contribution in [2.45, 2.75) is 24.3 Å². The summed E-state index contributed by atoms with van der Waals surface area (Å²) in [6.07, 6.45) is 0.135. The minimum absolute atomic E-state index is 0.111. The van der Waals surface area contributed by atoms with Gasteiger partial charge in [-0.15, -0.1) is 0 Å². The van der Waals surface area contributed by atoms with Crippen molar-refractivity contribution in [2.75, 3.05) is 30.0 Å². The van der Waals surface area contributed by atoms with E-state index in [1.807, 2.05) is 4.72 Å². The first-order chi connectivity index (χ1) is 15.7. The average Bonchev–Trinajstić information content (AvgIpc) is 3.12. The van der Waals surface area contributed by atoms with Crippen molar-refractivity contribution >= 4 is 39.2 Å². The lowest BCUT2D eigenvalue weighted by atomic mass is 10.2. The number of anilines is 2. The van der Waals surface area contributed by atoms with Gasteiger partial charge in [-0.25, -0.2) is 17.9 Å². The number of carbonyl (C=O) groups excluding carboxylic acids is 3. The molecule has 3 N–H and O–H groups in total. The number of hydrogen-bond acceptors (Lipinski definition) is 7. The van der Waals surface area contributed by atoms with Crippen LogP contribution in [0.2, 0.25) is 0 Å². The lowest BCUT2D eigenvalue weighted by Crippen LogP contribution is -2.39. The van der Waals surface area contributed by atoms with Crippen molar-refractivity contribution in [2.24, 2.45) is 0 Å². The second kappa shape index (κ2) is 8.98. The molecule has 4 rings (SSSR count). The number of urea groups is 1. The highest BCUT2D eigenvalue weighted by molar-refractivity contribution is 7.90. The first kappa shape index (κ1) is 22.4. The van der Waals surface area contributed by atoms with Crippen LogP contribution in [0.5, 0.6) is 11.5 Å². The van der Waals surface area contributed by atoms with E-state index in [-0.39, 0.29) is 17.2 Å². The third-order valence-corrected chi connectivity index (χ3v) is 6.45. The van der Waals surface area contributed by atoms with E-state index in [2.05, 4.69) is 10.6 Å².